The van der Waals surface area contributed by atoms with Gasteiger partial charge in [0, 0.05) is 36.4 Å². The zero-order valence-electron chi connectivity index (χ0n) is 12.3. The van der Waals surface area contributed by atoms with Crippen LogP contribution in [-0.4, -0.2) is 24.5 Å². The van der Waals surface area contributed by atoms with Crippen LogP contribution in [0, 0.1) is 0 Å². The molecule has 1 aromatic carbocycles. The van der Waals surface area contributed by atoms with Crippen LogP contribution in [-0.2, 0) is 4.79 Å². The molecule has 4 nitrogen and oxygen atoms in total. The minimum Gasteiger partial charge on any atom is -0.369 e. The van der Waals surface area contributed by atoms with Gasteiger partial charge in [-0.2, -0.15) is 0 Å². The lowest BCUT2D eigenvalue weighted by Gasteiger charge is -2.27. The number of nitrogens with two attached hydrogens (primary N) is 1. The van der Waals surface area contributed by atoms with Gasteiger partial charge in [0.15, 0.2) is 0 Å². The lowest BCUT2D eigenvalue weighted by molar-refractivity contribution is -0.116. The van der Waals surface area contributed by atoms with Crippen LogP contribution in [0.25, 0.3) is 0 Å². The van der Waals surface area contributed by atoms with E-state index < -0.39 is 0 Å². The Kier molecular flexibility index (Phi) is 5.83. The topological polar surface area (TPSA) is 58.4 Å². The number of hydrogen-bond donors (Lipinski definition) is 2. The second kappa shape index (κ2) is 7.14. The summed E-state index contributed by atoms with van der Waals surface area (Å²) in [7, 11) is 0. The van der Waals surface area contributed by atoms with E-state index in [9.17, 15) is 4.79 Å². The van der Waals surface area contributed by atoms with Crippen LogP contribution in [0.15, 0.2) is 24.3 Å². The van der Waals surface area contributed by atoms with E-state index >= 15 is 0 Å². The van der Waals surface area contributed by atoms with Crippen LogP contribution in [0.2, 0.25) is 0 Å². The molecule has 0 aromatic heterocycles. The summed E-state index contributed by atoms with van der Waals surface area (Å²) in [6.45, 7) is 9.26. The molecule has 0 spiro atoms. The number of rotatable bonds is 6. The Morgan fingerprint density at radius 3 is 2.26 bits per heavy atom. The lowest BCUT2D eigenvalue weighted by atomic mass is 10.2. The molecule has 0 radical (unpaired) electrons. The maximum atomic E-state index is 11.6. The van der Waals surface area contributed by atoms with Gasteiger partial charge in [0.2, 0.25) is 5.91 Å². The Bertz CT molecular complexity index is 398. The average Bonchev–Trinajstić information content (AvgIpc) is 2.30. The van der Waals surface area contributed by atoms with Gasteiger partial charge in [0.05, 0.1) is 0 Å². The molecule has 1 unspecified atom stereocenters. The zero-order valence-corrected chi connectivity index (χ0v) is 12.3. The van der Waals surface area contributed by atoms with Gasteiger partial charge < -0.3 is 16.0 Å². The van der Waals surface area contributed by atoms with Crippen molar-refractivity contribution in [3.8, 4) is 0 Å². The Balaban J connectivity index is 2.68. The van der Waals surface area contributed by atoms with E-state index in [4.69, 9.17) is 5.73 Å². The fourth-order valence-electron chi connectivity index (χ4n) is 2.09. The minimum atomic E-state index is -0.115. The van der Waals surface area contributed by atoms with E-state index in [-0.39, 0.29) is 11.9 Å². The van der Waals surface area contributed by atoms with Gasteiger partial charge in [0.25, 0.3) is 0 Å². The van der Waals surface area contributed by atoms with Crippen LogP contribution in [0.1, 0.15) is 34.1 Å². The van der Waals surface area contributed by atoms with Gasteiger partial charge in [-0.25, -0.2) is 0 Å². The number of carbonyl (C=O) groups is 1. The summed E-state index contributed by atoms with van der Waals surface area (Å²) in [6, 6.07) is 8.27. The molecule has 3 N–H and O–H groups in total. The third-order valence-corrected chi connectivity index (χ3v) is 2.95. The van der Waals surface area contributed by atoms with Crippen molar-refractivity contribution in [3.05, 3.63) is 24.3 Å². The van der Waals surface area contributed by atoms with E-state index in [1.165, 1.54) is 5.69 Å². The molecule has 0 saturated carbocycles. The molecule has 0 aliphatic carbocycles. The van der Waals surface area contributed by atoms with Gasteiger partial charge in [0.1, 0.15) is 0 Å². The van der Waals surface area contributed by atoms with Crippen molar-refractivity contribution in [2.24, 2.45) is 5.73 Å². The Morgan fingerprint density at radius 2 is 1.84 bits per heavy atom. The van der Waals surface area contributed by atoms with E-state index in [1.807, 2.05) is 31.2 Å². The van der Waals surface area contributed by atoms with Gasteiger partial charge in [-0.15, -0.1) is 0 Å². The molecule has 1 rings (SSSR count). The summed E-state index contributed by atoms with van der Waals surface area (Å²) in [5.41, 5.74) is 7.58. The maximum Gasteiger partial charge on any atom is 0.225 e. The summed E-state index contributed by atoms with van der Waals surface area (Å²) in [5, 5.41) is 2.85. The quantitative estimate of drug-likeness (QED) is 0.829. The van der Waals surface area contributed by atoms with Gasteiger partial charge in [-0.05, 0) is 52.0 Å². The van der Waals surface area contributed by atoms with Crippen LogP contribution < -0.4 is 16.0 Å². The predicted octanol–water partition coefficient (Wildman–Crippen LogP) is 2.60. The van der Waals surface area contributed by atoms with Crippen molar-refractivity contribution in [2.75, 3.05) is 16.8 Å². The van der Waals surface area contributed by atoms with Crippen LogP contribution in [0.5, 0.6) is 0 Å². The van der Waals surface area contributed by atoms with Crippen molar-refractivity contribution < 1.29 is 4.79 Å². The standard InChI is InChI=1S/C15H25N3O/c1-5-18(11(2)3)14-8-6-13(7-9-14)17-15(19)10-12(4)16/h6-9,11-12H,5,10,16H2,1-4H3,(H,17,19). The summed E-state index contributed by atoms with van der Waals surface area (Å²) in [4.78, 5) is 13.9. The largest absolute Gasteiger partial charge is 0.369 e. The van der Waals surface area contributed by atoms with Crippen LogP contribution in [0.3, 0.4) is 0 Å². The number of carbonyl (C=O) groups excluding carboxylic acids is 1. The first-order valence-corrected chi connectivity index (χ1v) is 6.86. The number of hydrogen-bond acceptors (Lipinski definition) is 3. The highest BCUT2D eigenvalue weighted by Gasteiger charge is 2.09. The molecule has 19 heavy (non-hydrogen) atoms. The van der Waals surface area contributed by atoms with Crippen molar-refractivity contribution in [1.82, 2.24) is 0 Å². The summed E-state index contributed by atoms with van der Waals surface area (Å²) < 4.78 is 0. The highest BCUT2D eigenvalue weighted by molar-refractivity contribution is 5.91. The average molecular weight is 263 g/mol. The van der Waals surface area contributed by atoms with E-state index in [1.54, 1.807) is 0 Å². The molecular weight excluding hydrogens is 238 g/mol. The fourth-order valence-corrected chi connectivity index (χ4v) is 2.09. The van der Waals surface area contributed by atoms with Crippen molar-refractivity contribution >= 4 is 17.3 Å². The monoisotopic (exact) mass is 263 g/mol. The molecule has 0 saturated heterocycles. The normalized spacial score (nSPS) is 12.3. The smallest absolute Gasteiger partial charge is 0.225 e. The van der Waals surface area contributed by atoms with Crippen molar-refractivity contribution in [1.29, 1.82) is 0 Å². The first-order valence-electron chi connectivity index (χ1n) is 6.86. The number of nitrogens with one attached hydrogen (secondary N) is 1. The SMILES string of the molecule is CCN(c1ccc(NC(=O)CC(C)N)cc1)C(C)C. The van der Waals surface area contributed by atoms with Crippen LogP contribution >= 0.6 is 0 Å². The highest BCUT2D eigenvalue weighted by atomic mass is 16.1. The molecule has 0 aliphatic rings. The summed E-state index contributed by atoms with van der Waals surface area (Å²) in [6.07, 6.45) is 0.342. The Labute approximate surface area is 116 Å². The maximum absolute atomic E-state index is 11.6. The molecule has 106 valence electrons. The fraction of sp³-hybridized carbons (Fsp3) is 0.533. The highest BCUT2D eigenvalue weighted by Crippen LogP contribution is 2.19. The van der Waals surface area contributed by atoms with Gasteiger partial charge >= 0.3 is 0 Å². The number of benzene rings is 1. The number of nitrogens with zero attached hydrogens (tertiary/aromatic N) is 1. The van der Waals surface area contributed by atoms with Crippen LogP contribution in [0.4, 0.5) is 11.4 Å². The second-order valence-electron chi connectivity index (χ2n) is 5.16. The molecule has 0 bridgehead atoms. The molecule has 1 atom stereocenters. The van der Waals surface area contributed by atoms with E-state index in [0.29, 0.717) is 12.5 Å². The zero-order chi connectivity index (χ0) is 14.4. The third kappa shape index (κ3) is 4.91. The summed E-state index contributed by atoms with van der Waals surface area (Å²) in [5.74, 6) is -0.0426. The molecule has 1 amide bonds. The minimum absolute atomic E-state index is 0.0426. The first kappa shape index (κ1) is 15.5. The molecule has 4 heteroatoms. The summed E-state index contributed by atoms with van der Waals surface area (Å²) >= 11 is 0. The third-order valence-electron chi connectivity index (χ3n) is 2.95. The molecule has 0 aliphatic heterocycles. The molecule has 1 aromatic rings. The lowest BCUT2D eigenvalue weighted by Crippen LogP contribution is -2.30. The Morgan fingerprint density at radius 1 is 1.26 bits per heavy atom. The Hall–Kier alpha value is -1.55. The number of amides is 1. The van der Waals surface area contributed by atoms with E-state index in [0.717, 1.165) is 12.2 Å². The molecule has 0 heterocycles. The van der Waals surface area contributed by atoms with Gasteiger partial charge in [-0.1, -0.05) is 0 Å². The van der Waals surface area contributed by atoms with Crippen molar-refractivity contribution in [3.63, 3.8) is 0 Å². The molecular formula is C15H25N3O. The van der Waals surface area contributed by atoms with E-state index in [2.05, 4.69) is 31.0 Å². The molecule has 0 fully saturated rings. The second-order valence-corrected chi connectivity index (χ2v) is 5.16. The van der Waals surface area contributed by atoms with Crippen molar-refractivity contribution in [2.45, 2.75) is 46.2 Å². The number of anilines is 2. The first-order chi connectivity index (χ1) is 8.93. The predicted molar refractivity (Wildman–Crippen MR) is 81.5 cm³/mol. The van der Waals surface area contributed by atoms with Gasteiger partial charge in [-0.3, -0.25) is 4.79 Å².